The largest absolute Gasteiger partial charge is 0.453 e. The lowest BCUT2D eigenvalue weighted by atomic mass is 10.1. The van der Waals surface area contributed by atoms with Gasteiger partial charge in [-0.05, 0) is 24.3 Å². The lowest BCUT2D eigenvalue weighted by Crippen LogP contribution is -2.12. The van der Waals surface area contributed by atoms with E-state index in [9.17, 15) is 17.6 Å². The van der Waals surface area contributed by atoms with Gasteiger partial charge in [0.2, 0.25) is 0 Å². The van der Waals surface area contributed by atoms with Crippen LogP contribution in [0.15, 0.2) is 36.4 Å². The molecule has 8 heteroatoms. The fourth-order valence-corrected chi connectivity index (χ4v) is 1.77. The van der Waals surface area contributed by atoms with Gasteiger partial charge in [-0.15, -0.1) is 10.2 Å². The quantitative estimate of drug-likeness (QED) is 0.644. The second kappa shape index (κ2) is 4.26. The van der Waals surface area contributed by atoms with Crippen molar-refractivity contribution in [1.82, 2.24) is 19.8 Å². The number of aromatic nitrogens is 4. The van der Waals surface area contributed by atoms with Gasteiger partial charge < -0.3 is 0 Å². The average molecular weight is 282 g/mol. The zero-order chi connectivity index (χ0) is 14.3. The van der Waals surface area contributed by atoms with Gasteiger partial charge in [0.25, 0.3) is 5.82 Å². The molecule has 0 N–H and O–H groups in total. The maximum atomic E-state index is 13.1. The first-order chi connectivity index (χ1) is 9.45. The topological polar surface area (TPSA) is 43.1 Å². The molecule has 0 bridgehead atoms. The predicted octanol–water partition coefficient (Wildman–Crippen LogP) is 2.95. The summed E-state index contributed by atoms with van der Waals surface area (Å²) in [6.07, 6.45) is -4.66. The molecule has 0 aliphatic heterocycles. The van der Waals surface area contributed by atoms with Crippen molar-refractivity contribution in [3.63, 3.8) is 0 Å². The average Bonchev–Trinajstić information content (AvgIpc) is 2.81. The molecule has 2 heterocycles. The zero-order valence-electron chi connectivity index (χ0n) is 9.76. The minimum absolute atomic E-state index is 0.0301. The fourth-order valence-electron chi connectivity index (χ4n) is 1.77. The van der Waals surface area contributed by atoms with Crippen LogP contribution in [0.4, 0.5) is 17.6 Å². The van der Waals surface area contributed by atoms with Crippen LogP contribution in [0.1, 0.15) is 5.82 Å². The van der Waals surface area contributed by atoms with Crippen LogP contribution in [0.3, 0.4) is 0 Å². The molecule has 3 rings (SSSR count). The molecule has 2 aromatic heterocycles. The number of hydrogen-bond acceptors (Lipinski definition) is 3. The molecule has 0 fully saturated rings. The Morgan fingerprint density at radius 1 is 1.00 bits per heavy atom. The molecule has 4 nitrogen and oxygen atoms in total. The number of rotatable bonds is 1. The Hall–Kier alpha value is -2.51. The van der Waals surface area contributed by atoms with Crippen LogP contribution in [-0.2, 0) is 6.18 Å². The molecule has 0 atom stereocenters. The summed E-state index contributed by atoms with van der Waals surface area (Å²) in [7, 11) is 0. The Bertz CT molecular complexity index is 778. The van der Waals surface area contributed by atoms with E-state index in [-0.39, 0.29) is 11.3 Å². The first-order valence-electron chi connectivity index (χ1n) is 5.51. The summed E-state index contributed by atoms with van der Waals surface area (Å²) in [5, 5.41) is 10.3. The highest BCUT2D eigenvalue weighted by Crippen LogP contribution is 2.28. The predicted molar refractivity (Wildman–Crippen MR) is 61.2 cm³/mol. The summed E-state index contributed by atoms with van der Waals surface area (Å²) in [5.41, 5.74) is 0.536. The van der Waals surface area contributed by atoms with Crippen molar-refractivity contribution in [3.05, 3.63) is 48.0 Å². The van der Waals surface area contributed by atoms with Gasteiger partial charge in [0.05, 0.1) is 5.69 Å². The molecule has 0 saturated carbocycles. The van der Waals surface area contributed by atoms with Gasteiger partial charge in [-0.3, -0.25) is 0 Å². The summed E-state index contributed by atoms with van der Waals surface area (Å²) in [4.78, 5) is 0. The molecule has 102 valence electrons. The van der Waals surface area contributed by atoms with Crippen molar-refractivity contribution in [1.29, 1.82) is 0 Å². The van der Waals surface area contributed by atoms with E-state index in [4.69, 9.17) is 0 Å². The van der Waals surface area contributed by atoms with E-state index in [1.165, 1.54) is 30.3 Å². The summed E-state index contributed by atoms with van der Waals surface area (Å²) >= 11 is 0. The standard InChI is InChI=1S/C12H6F4N4/c13-8-3-1-2-7(6-8)9-4-5-10-17-18-11(12(14,15)16)20(10)19-9/h1-6H. The van der Waals surface area contributed by atoms with Crippen molar-refractivity contribution in [2.45, 2.75) is 6.18 Å². The Labute approximate surface area is 109 Å². The van der Waals surface area contributed by atoms with Gasteiger partial charge in [0.1, 0.15) is 5.82 Å². The van der Waals surface area contributed by atoms with E-state index < -0.39 is 17.8 Å². The van der Waals surface area contributed by atoms with Crippen LogP contribution in [-0.4, -0.2) is 19.8 Å². The van der Waals surface area contributed by atoms with Crippen LogP contribution >= 0.6 is 0 Å². The Kier molecular flexibility index (Phi) is 2.66. The molecule has 0 aliphatic carbocycles. The maximum Gasteiger partial charge on any atom is 0.453 e. The molecule has 0 aliphatic rings. The normalized spacial score (nSPS) is 12.0. The van der Waals surface area contributed by atoms with E-state index in [2.05, 4.69) is 15.3 Å². The van der Waals surface area contributed by atoms with E-state index >= 15 is 0 Å². The number of hydrogen-bond donors (Lipinski definition) is 0. The Morgan fingerprint density at radius 3 is 2.50 bits per heavy atom. The number of benzene rings is 1. The monoisotopic (exact) mass is 282 g/mol. The van der Waals surface area contributed by atoms with Crippen molar-refractivity contribution in [2.24, 2.45) is 0 Å². The summed E-state index contributed by atoms with van der Waals surface area (Å²) in [6, 6.07) is 8.23. The lowest BCUT2D eigenvalue weighted by Gasteiger charge is -2.05. The van der Waals surface area contributed by atoms with Crippen LogP contribution < -0.4 is 0 Å². The van der Waals surface area contributed by atoms with E-state index in [1.807, 2.05) is 0 Å². The van der Waals surface area contributed by atoms with Crippen molar-refractivity contribution in [3.8, 4) is 11.3 Å². The SMILES string of the molecule is Fc1cccc(-c2ccc3nnc(C(F)(F)F)n3n2)c1. The van der Waals surface area contributed by atoms with Gasteiger partial charge >= 0.3 is 6.18 Å². The van der Waals surface area contributed by atoms with Crippen molar-refractivity contribution < 1.29 is 17.6 Å². The number of halogens is 4. The first-order valence-corrected chi connectivity index (χ1v) is 5.51. The fraction of sp³-hybridized carbons (Fsp3) is 0.0833. The smallest absolute Gasteiger partial charge is 0.207 e. The number of nitrogens with zero attached hydrogens (tertiary/aromatic N) is 4. The third-order valence-electron chi connectivity index (χ3n) is 2.64. The Morgan fingerprint density at radius 2 is 1.80 bits per heavy atom. The molecule has 0 radical (unpaired) electrons. The van der Waals surface area contributed by atoms with Gasteiger partial charge in [-0.2, -0.15) is 22.8 Å². The van der Waals surface area contributed by atoms with Gasteiger partial charge in [-0.25, -0.2) is 4.39 Å². The van der Waals surface area contributed by atoms with E-state index in [0.29, 0.717) is 10.1 Å². The van der Waals surface area contributed by atoms with Crippen molar-refractivity contribution in [2.75, 3.05) is 0 Å². The van der Waals surface area contributed by atoms with E-state index in [0.717, 1.165) is 0 Å². The summed E-state index contributed by atoms with van der Waals surface area (Å²) < 4.78 is 51.9. The molecule has 0 amide bonds. The highest BCUT2D eigenvalue weighted by atomic mass is 19.4. The molecular formula is C12H6F4N4. The molecule has 0 unspecified atom stereocenters. The van der Waals surface area contributed by atoms with Crippen LogP contribution in [0.25, 0.3) is 16.9 Å². The molecular weight excluding hydrogens is 276 g/mol. The van der Waals surface area contributed by atoms with Gasteiger partial charge in [0.15, 0.2) is 5.65 Å². The van der Waals surface area contributed by atoms with Crippen LogP contribution in [0.5, 0.6) is 0 Å². The third kappa shape index (κ3) is 2.09. The number of fused-ring (bicyclic) bond motifs is 1. The second-order valence-corrected chi connectivity index (χ2v) is 4.02. The van der Waals surface area contributed by atoms with Crippen LogP contribution in [0.2, 0.25) is 0 Å². The summed E-state index contributed by atoms with van der Waals surface area (Å²) in [6.45, 7) is 0. The molecule has 0 saturated heterocycles. The van der Waals surface area contributed by atoms with E-state index in [1.54, 1.807) is 6.07 Å². The molecule has 1 aromatic carbocycles. The van der Waals surface area contributed by atoms with Crippen LogP contribution in [0, 0.1) is 5.82 Å². The maximum absolute atomic E-state index is 13.1. The third-order valence-corrected chi connectivity index (χ3v) is 2.64. The molecule has 0 spiro atoms. The highest BCUT2D eigenvalue weighted by Gasteiger charge is 2.37. The minimum atomic E-state index is -4.66. The minimum Gasteiger partial charge on any atom is -0.207 e. The zero-order valence-corrected chi connectivity index (χ0v) is 9.76. The number of alkyl halides is 3. The summed E-state index contributed by atoms with van der Waals surface area (Å²) in [5.74, 6) is -1.71. The lowest BCUT2D eigenvalue weighted by molar-refractivity contribution is -0.146. The Balaban J connectivity index is 2.19. The second-order valence-electron chi connectivity index (χ2n) is 4.02. The highest BCUT2D eigenvalue weighted by molar-refractivity contribution is 5.60. The molecule has 3 aromatic rings. The molecule has 20 heavy (non-hydrogen) atoms. The van der Waals surface area contributed by atoms with Crippen molar-refractivity contribution >= 4 is 5.65 Å². The first kappa shape index (κ1) is 12.5. The van der Waals surface area contributed by atoms with Gasteiger partial charge in [0, 0.05) is 5.56 Å². The van der Waals surface area contributed by atoms with Gasteiger partial charge in [-0.1, -0.05) is 12.1 Å².